The summed E-state index contributed by atoms with van der Waals surface area (Å²) < 4.78 is 0. The molecule has 0 spiro atoms. The summed E-state index contributed by atoms with van der Waals surface area (Å²) in [6.07, 6.45) is 3.32. The zero-order valence-electron chi connectivity index (χ0n) is 15.6. The second kappa shape index (κ2) is 8.34. The number of aliphatic hydroxyl groups excluding tert-OH is 1. The highest BCUT2D eigenvalue weighted by atomic mass is 16.3. The molecule has 3 nitrogen and oxygen atoms in total. The summed E-state index contributed by atoms with van der Waals surface area (Å²) in [5.74, 6) is 0.610. The van der Waals surface area contributed by atoms with Gasteiger partial charge in [0, 0.05) is 32.7 Å². The van der Waals surface area contributed by atoms with Gasteiger partial charge in [-0.05, 0) is 48.4 Å². The lowest BCUT2D eigenvalue weighted by molar-refractivity contribution is 0.0596. The van der Waals surface area contributed by atoms with E-state index in [1.165, 1.54) is 29.5 Å². The number of β-amino-alcohol motifs (C(OH)–C–C–N with tert-alkyl or cyclic N) is 1. The summed E-state index contributed by atoms with van der Waals surface area (Å²) in [5.41, 5.74) is 4.34. The van der Waals surface area contributed by atoms with Crippen LogP contribution < -0.4 is 0 Å². The second-order valence-corrected chi connectivity index (χ2v) is 7.92. The summed E-state index contributed by atoms with van der Waals surface area (Å²) in [6, 6.07) is 19.6. The molecule has 2 atom stereocenters. The van der Waals surface area contributed by atoms with E-state index in [0.29, 0.717) is 5.92 Å². The Labute approximate surface area is 157 Å². The maximum Gasteiger partial charge on any atom is 0.0793 e. The second-order valence-electron chi connectivity index (χ2n) is 7.92. The first-order valence-electron chi connectivity index (χ1n) is 10.0. The largest absolute Gasteiger partial charge is 0.390 e. The topological polar surface area (TPSA) is 26.7 Å². The third kappa shape index (κ3) is 4.35. The lowest BCUT2D eigenvalue weighted by Gasteiger charge is -2.36. The van der Waals surface area contributed by atoms with Gasteiger partial charge in [-0.15, -0.1) is 0 Å². The summed E-state index contributed by atoms with van der Waals surface area (Å²) >= 11 is 0. The van der Waals surface area contributed by atoms with Crippen molar-refractivity contribution in [2.24, 2.45) is 0 Å². The molecule has 0 amide bonds. The molecule has 2 aromatic carbocycles. The van der Waals surface area contributed by atoms with Crippen LogP contribution in [0.15, 0.2) is 54.6 Å². The van der Waals surface area contributed by atoms with Gasteiger partial charge in [0.05, 0.1) is 6.10 Å². The van der Waals surface area contributed by atoms with Gasteiger partial charge in [0.15, 0.2) is 0 Å². The summed E-state index contributed by atoms with van der Waals surface area (Å²) in [6.45, 7) is 5.79. The highest BCUT2D eigenvalue weighted by molar-refractivity contribution is 5.29. The Kier molecular flexibility index (Phi) is 5.68. The molecular weight excluding hydrogens is 320 g/mol. The Balaban J connectivity index is 1.29. The number of aliphatic hydroxyl groups is 1. The maximum absolute atomic E-state index is 10.7. The van der Waals surface area contributed by atoms with Gasteiger partial charge in [0.25, 0.3) is 0 Å². The number of rotatable bonds is 5. The summed E-state index contributed by atoms with van der Waals surface area (Å²) in [4.78, 5) is 4.87. The van der Waals surface area contributed by atoms with Crippen molar-refractivity contribution in [3.8, 4) is 0 Å². The van der Waals surface area contributed by atoms with E-state index in [1.54, 1.807) is 0 Å². The van der Waals surface area contributed by atoms with Gasteiger partial charge in [0.2, 0.25) is 0 Å². The minimum atomic E-state index is -0.269. The average Bonchev–Trinajstić information content (AvgIpc) is 2.69. The van der Waals surface area contributed by atoms with Gasteiger partial charge in [-0.3, -0.25) is 4.90 Å². The molecule has 1 saturated heterocycles. The minimum Gasteiger partial charge on any atom is -0.390 e. The third-order valence-corrected chi connectivity index (χ3v) is 5.92. The zero-order valence-corrected chi connectivity index (χ0v) is 15.6. The van der Waals surface area contributed by atoms with Gasteiger partial charge in [-0.25, -0.2) is 0 Å². The molecule has 2 heterocycles. The molecule has 0 radical (unpaired) electrons. The Hall–Kier alpha value is -1.68. The number of hydrogen-bond acceptors (Lipinski definition) is 3. The fourth-order valence-corrected chi connectivity index (χ4v) is 4.58. The smallest absolute Gasteiger partial charge is 0.0793 e. The highest BCUT2D eigenvalue weighted by Crippen LogP contribution is 2.27. The standard InChI is InChI=1S/C23H30N2O/c26-23(18-25-14-12-20-9-4-5-10-21(20)16-25)17-24-13-6-11-22(15-24)19-7-2-1-3-8-19/h1-5,7-10,22-23,26H,6,11-18H2. The number of fused-ring (bicyclic) bond motifs is 1. The van der Waals surface area contributed by atoms with Crippen molar-refractivity contribution in [1.82, 2.24) is 9.80 Å². The first-order valence-corrected chi connectivity index (χ1v) is 10.0. The molecule has 2 unspecified atom stereocenters. The molecule has 138 valence electrons. The molecule has 0 aromatic heterocycles. The van der Waals surface area contributed by atoms with Crippen LogP contribution in [-0.2, 0) is 13.0 Å². The van der Waals surface area contributed by atoms with Crippen molar-refractivity contribution in [2.75, 3.05) is 32.7 Å². The van der Waals surface area contributed by atoms with Crippen molar-refractivity contribution >= 4 is 0 Å². The van der Waals surface area contributed by atoms with Crippen LogP contribution in [-0.4, -0.2) is 53.7 Å². The minimum absolute atomic E-state index is 0.269. The van der Waals surface area contributed by atoms with E-state index in [-0.39, 0.29) is 6.10 Å². The molecule has 3 heteroatoms. The first-order chi connectivity index (χ1) is 12.8. The molecule has 26 heavy (non-hydrogen) atoms. The fraction of sp³-hybridized carbons (Fsp3) is 0.478. The number of likely N-dealkylation sites (tertiary alicyclic amines) is 1. The van der Waals surface area contributed by atoms with E-state index >= 15 is 0 Å². The van der Waals surface area contributed by atoms with Crippen molar-refractivity contribution in [3.05, 3.63) is 71.3 Å². The van der Waals surface area contributed by atoms with E-state index < -0.39 is 0 Å². The van der Waals surface area contributed by atoms with Crippen LogP contribution in [0.5, 0.6) is 0 Å². The van der Waals surface area contributed by atoms with E-state index in [1.807, 2.05) is 0 Å². The van der Waals surface area contributed by atoms with Crippen molar-refractivity contribution in [2.45, 2.75) is 37.8 Å². The quantitative estimate of drug-likeness (QED) is 0.896. The molecule has 0 bridgehead atoms. The Morgan fingerprint density at radius 2 is 1.62 bits per heavy atom. The molecule has 4 rings (SSSR count). The Bertz CT molecular complexity index is 702. The molecular formula is C23H30N2O. The van der Waals surface area contributed by atoms with Crippen LogP contribution in [0, 0.1) is 0 Å². The predicted molar refractivity (Wildman–Crippen MR) is 106 cm³/mol. The molecule has 2 aliphatic rings. The van der Waals surface area contributed by atoms with Gasteiger partial charge in [-0.2, -0.15) is 0 Å². The highest BCUT2D eigenvalue weighted by Gasteiger charge is 2.24. The molecule has 1 N–H and O–H groups in total. The summed E-state index contributed by atoms with van der Waals surface area (Å²) in [5, 5.41) is 10.7. The van der Waals surface area contributed by atoms with Crippen molar-refractivity contribution in [3.63, 3.8) is 0 Å². The van der Waals surface area contributed by atoms with Crippen LogP contribution in [0.4, 0.5) is 0 Å². The fourth-order valence-electron chi connectivity index (χ4n) is 4.58. The van der Waals surface area contributed by atoms with Gasteiger partial charge >= 0.3 is 0 Å². The first kappa shape index (κ1) is 17.7. The normalized spacial score (nSPS) is 22.7. The van der Waals surface area contributed by atoms with Crippen LogP contribution >= 0.6 is 0 Å². The van der Waals surface area contributed by atoms with E-state index in [4.69, 9.17) is 0 Å². The van der Waals surface area contributed by atoms with Crippen LogP contribution in [0.3, 0.4) is 0 Å². The number of nitrogens with zero attached hydrogens (tertiary/aromatic N) is 2. The van der Waals surface area contributed by atoms with E-state index in [0.717, 1.165) is 45.7 Å². The van der Waals surface area contributed by atoms with Crippen molar-refractivity contribution in [1.29, 1.82) is 0 Å². The SMILES string of the molecule is OC(CN1CCc2ccccc2C1)CN1CCCC(c2ccccc2)C1. The number of hydrogen-bond donors (Lipinski definition) is 1. The lowest BCUT2D eigenvalue weighted by Crippen LogP contribution is -2.44. The van der Waals surface area contributed by atoms with Gasteiger partial charge in [-0.1, -0.05) is 54.6 Å². The average molecular weight is 351 g/mol. The van der Waals surface area contributed by atoms with Crippen LogP contribution in [0.2, 0.25) is 0 Å². The Morgan fingerprint density at radius 1 is 0.885 bits per heavy atom. The van der Waals surface area contributed by atoms with Crippen LogP contribution in [0.25, 0.3) is 0 Å². The lowest BCUT2D eigenvalue weighted by atomic mass is 9.90. The summed E-state index contributed by atoms with van der Waals surface area (Å²) in [7, 11) is 0. The zero-order chi connectivity index (χ0) is 17.8. The van der Waals surface area contributed by atoms with Gasteiger partial charge < -0.3 is 10.0 Å². The maximum atomic E-state index is 10.7. The van der Waals surface area contributed by atoms with Gasteiger partial charge in [0.1, 0.15) is 0 Å². The number of piperidine rings is 1. The Morgan fingerprint density at radius 3 is 2.46 bits per heavy atom. The van der Waals surface area contributed by atoms with E-state index in [9.17, 15) is 5.11 Å². The monoisotopic (exact) mass is 350 g/mol. The molecule has 1 fully saturated rings. The van der Waals surface area contributed by atoms with Crippen LogP contribution in [0.1, 0.15) is 35.4 Å². The molecule has 0 saturated carbocycles. The third-order valence-electron chi connectivity index (χ3n) is 5.92. The predicted octanol–water partition coefficient (Wildman–Crippen LogP) is 3.29. The molecule has 0 aliphatic carbocycles. The van der Waals surface area contributed by atoms with Crippen molar-refractivity contribution < 1.29 is 5.11 Å². The number of benzene rings is 2. The van der Waals surface area contributed by atoms with E-state index in [2.05, 4.69) is 64.4 Å². The molecule has 2 aromatic rings. The molecule has 2 aliphatic heterocycles.